The molecule has 0 aliphatic rings. The Morgan fingerprint density at radius 2 is 2.00 bits per heavy atom. The zero-order valence-electron chi connectivity index (χ0n) is 7.97. The van der Waals surface area contributed by atoms with Crippen LogP contribution in [0, 0.1) is 11.3 Å². The standard InChI is InChI=1S/C12H9NOS/c13-7-9-3-1-2-4-11(9)12-6-5-10(8-14)15-12/h1-6,14H,8H2. The predicted octanol–water partition coefficient (Wildman–Crippen LogP) is 2.78. The van der Waals surface area contributed by atoms with Gasteiger partial charge in [-0.3, -0.25) is 0 Å². The molecule has 0 unspecified atom stereocenters. The number of hydrogen-bond acceptors (Lipinski definition) is 3. The Kier molecular flexibility index (Phi) is 2.82. The molecule has 1 N–H and O–H groups in total. The molecule has 1 aromatic heterocycles. The van der Waals surface area contributed by atoms with Gasteiger partial charge in [0.2, 0.25) is 0 Å². The van der Waals surface area contributed by atoms with Crippen LogP contribution in [-0.2, 0) is 6.61 Å². The first kappa shape index (κ1) is 9.91. The number of rotatable bonds is 2. The predicted molar refractivity (Wildman–Crippen MR) is 60.4 cm³/mol. The molecule has 2 nitrogen and oxygen atoms in total. The van der Waals surface area contributed by atoms with E-state index in [0.717, 1.165) is 15.3 Å². The van der Waals surface area contributed by atoms with Crippen LogP contribution in [0.2, 0.25) is 0 Å². The summed E-state index contributed by atoms with van der Waals surface area (Å²) in [6.45, 7) is 0.0549. The van der Waals surface area contributed by atoms with Crippen molar-refractivity contribution < 1.29 is 5.11 Å². The average Bonchev–Trinajstić information content (AvgIpc) is 2.77. The van der Waals surface area contributed by atoms with Gasteiger partial charge in [-0.1, -0.05) is 18.2 Å². The van der Waals surface area contributed by atoms with E-state index in [1.165, 1.54) is 11.3 Å². The van der Waals surface area contributed by atoms with Crippen molar-refractivity contribution in [2.45, 2.75) is 6.61 Å². The van der Waals surface area contributed by atoms with Crippen molar-refractivity contribution >= 4 is 11.3 Å². The lowest BCUT2D eigenvalue weighted by atomic mass is 10.1. The van der Waals surface area contributed by atoms with E-state index in [2.05, 4.69) is 6.07 Å². The number of benzene rings is 1. The minimum absolute atomic E-state index is 0.0549. The third-order valence-corrected chi connectivity index (χ3v) is 3.23. The molecule has 0 spiro atoms. The van der Waals surface area contributed by atoms with Crippen molar-refractivity contribution in [1.29, 1.82) is 5.26 Å². The van der Waals surface area contributed by atoms with Crippen LogP contribution in [0.5, 0.6) is 0 Å². The van der Waals surface area contributed by atoms with E-state index >= 15 is 0 Å². The number of aliphatic hydroxyl groups is 1. The summed E-state index contributed by atoms with van der Waals surface area (Å²) in [6.07, 6.45) is 0. The van der Waals surface area contributed by atoms with Gasteiger partial charge in [-0.25, -0.2) is 0 Å². The number of nitrogens with zero attached hydrogens (tertiary/aromatic N) is 1. The highest BCUT2D eigenvalue weighted by Gasteiger charge is 2.06. The fraction of sp³-hybridized carbons (Fsp3) is 0.0833. The topological polar surface area (TPSA) is 44.0 Å². The molecule has 3 heteroatoms. The van der Waals surface area contributed by atoms with E-state index in [4.69, 9.17) is 10.4 Å². The lowest BCUT2D eigenvalue weighted by Gasteiger charge is -1.98. The molecule has 0 saturated carbocycles. The molecule has 74 valence electrons. The van der Waals surface area contributed by atoms with Crippen LogP contribution in [0.15, 0.2) is 36.4 Å². The lowest BCUT2D eigenvalue weighted by molar-refractivity contribution is 0.285. The van der Waals surface area contributed by atoms with Crippen LogP contribution in [-0.4, -0.2) is 5.11 Å². The summed E-state index contributed by atoms with van der Waals surface area (Å²) in [5.74, 6) is 0. The molecular formula is C12H9NOS. The summed E-state index contributed by atoms with van der Waals surface area (Å²) in [5.41, 5.74) is 1.61. The summed E-state index contributed by atoms with van der Waals surface area (Å²) in [4.78, 5) is 1.94. The van der Waals surface area contributed by atoms with E-state index in [1.807, 2.05) is 30.3 Å². The number of nitriles is 1. The first-order valence-electron chi connectivity index (χ1n) is 4.54. The van der Waals surface area contributed by atoms with Crippen molar-refractivity contribution in [3.8, 4) is 16.5 Å². The van der Waals surface area contributed by atoms with Crippen LogP contribution in [0.3, 0.4) is 0 Å². The highest BCUT2D eigenvalue weighted by Crippen LogP contribution is 2.30. The molecule has 2 rings (SSSR count). The molecule has 0 fully saturated rings. The van der Waals surface area contributed by atoms with E-state index in [0.29, 0.717) is 5.56 Å². The van der Waals surface area contributed by atoms with Crippen LogP contribution < -0.4 is 0 Å². The van der Waals surface area contributed by atoms with E-state index in [1.54, 1.807) is 6.07 Å². The Balaban J connectivity index is 2.49. The molecule has 0 atom stereocenters. The second kappa shape index (κ2) is 4.26. The molecule has 0 aliphatic carbocycles. The van der Waals surface area contributed by atoms with E-state index < -0.39 is 0 Å². The third kappa shape index (κ3) is 1.91. The Morgan fingerprint density at radius 1 is 1.20 bits per heavy atom. The molecule has 0 aliphatic heterocycles. The zero-order valence-corrected chi connectivity index (χ0v) is 8.79. The molecule has 0 bridgehead atoms. The fourth-order valence-corrected chi connectivity index (χ4v) is 2.31. The first-order chi connectivity index (χ1) is 7.35. The Labute approximate surface area is 92.0 Å². The largest absolute Gasteiger partial charge is 0.391 e. The molecule has 0 radical (unpaired) electrons. The maximum absolute atomic E-state index is 8.97. The van der Waals surface area contributed by atoms with Crippen LogP contribution in [0.1, 0.15) is 10.4 Å². The van der Waals surface area contributed by atoms with Gasteiger partial charge in [0.15, 0.2) is 0 Å². The normalized spacial score (nSPS) is 9.87. The van der Waals surface area contributed by atoms with Crippen molar-refractivity contribution in [3.63, 3.8) is 0 Å². The monoisotopic (exact) mass is 215 g/mol. The van der Waals surface area contributed by atoms with Gasteiger partial charge in [0, 0.05) is 15.3 Å². The average molecular weight is 215 g/mol. The van der Waals surface area contributed by atoms with E-state index in [-0.39, 0.29) is 6.61 Å². The van der Waals surface area contributed by atoms with Crippen molar-refractivity contribution in [2.24, 2.45) is 0 Å². The second-order valence-electron chi connectivity index (χ2n) is 3.08. The summed E-state index contributed by atoms with van der Waals surface area (Å²) in [6, 6.07) is 13.5. The maximum atomic E-state index is 8.97. The SMILES string of the molecule is N#Cc1ccccc1-c1ccc(CO)s1. The quantitative estimate of drug-likeness (QED) is 0.837. The van der Waals surface area contributed by atoms with E-state index in [9.17, 15) is 0 Å². The van der Waals surface area contributed by atoms with Gasteiger partial charge in [0.1, 0.15) is 0 Å². The third-order valence-electron chi connectivity index (χ3n) is 2.13. The van der Waals surface area contributed by atoms with Crippen LogP contribution in [0.4, 0.5) is 0 Å². The van der Waals surface area contributed by atoms with Crippen LogP contribution in [0.25, 0.3) is 10.4 Å². The van der Waals surface area contributed by atoms with Gasteiger partial charge in [0.25, 0.3) is 0 Å². The fourth-order valence-electron chi connectivity index (χ4n) is 1.40. The van der Waals surface area contributed by atoms with Gasteiger partial charge < -0.3 is 5.11 Å². The second-order valence-corrected chi connectivity index (χ2v) is 4.25. The van der Waals surface area contributed by atoms with Crippen molar-refractivity contribution in [1.82, 2.24) is 0 Å². The minimum Gasteiger partial charge on any atom is -0.391 e. The van der Waals surface area contributed by atoms with Crippen molar-refractivity contribution in [3.05, 3.63) is 46.8 Å². The molecule has 2 aromatic rings. The number of thiophene rings is 1. The molecule has 0 amide bonds. The zero-order chi connectivity index (χ0) is 10.7. The Bertz CT molecular complexity index is 510. The van der Waals surface area contributed by atoms with Gasteiger partial charge in [-0.2, -0.15) is 5.26 Å². The van der Waals surface area contributed by atoms with Gasteiger partial charge >= 0.3 is 0 Å². The maximum Gasteiger partial charge on any atom is 0.0998 e. The highest BCUT2D eigenvalue weighted by molar-refractivity contribution is 7.15. The molecule has 1 aromatic carbocycles. The van der Waals surface area contributed by atoms with Crippen molar-refractivity contribution in [2.75, 3.05) is 0 Å². The summed E-state index contributed by atoms with van der Waals surface area (Å²) >= 11 is 1.51. The summed E-state index contributed by atoms with van der Waals surface area (Å²) in [5, 5.41) is 17.9. The lowest BCUT2D eigenvalue weighted by Crippen LogP contribution is -1.79. The molecule has 15 heavy (non-hydrogen) atoms. The van der Waals surface area contributed by atoms with Gasteiger partial charge in [-0.15, -0.1) is 11.3 Å². The minimum atomic E-state index is 0.0549. The molecule has 1 heterocycles. The number of aliphatic hydroxyl groups excluding tert-OH is 1. The Hall–Kier alpha value is -1.63. The highest BCUT2D eigenvalue weighted by atomic mass is 32.1. The molecular weight excluding hydrogens is 206 g/mol. The molecule has 0 saturated heterocycles. The smallest absolute Gasteiger partial charge is 0.0998 e. The van der Waals surface area contributed by atoms with Gasteiger partial charge in [0.05, 0.1) is 18.2 Å². The number of hydrogen-bond donors (Lipinski definition) is 1. The van der Waals surface area contributed by atoms with Gasteiger partial charge in [-0.05, 0) is 18.2 Å². The Morgan fingerprint density at radius 3 is 2.67 bits per heavy atom. The first-order valence-corrected chi connectivity index (χ1v) is 5.36. The summed E-state index contributed by atoms with van der Waals surface area (Å²) in [7, 11) is 0. The summed E-state index contributed by atoms with van der Waals surface area (Å²) < 4.78 is 0. The van der Waals surface area contributed by atoms with Crippen LogP contribution >= 0.6 is 11.3 Å².